The first-order valence-corrected chi connectivity index (χ1v) is 9.85. The Hall–Kier alpha value is -1.63. The summed E-state index contributed by atoms with van der Waals surface area (Å²) >= 11 is 0. The summed E-state index contributed by atoms with van der Waals surface area (Å²) in [6, 6.07) is -2.01. The largest absolute Gasteiger partial charge is 0.467 e. The minimum atomic E-state index is -0.692. The first-order chi connectivity index (χ1) is 12.4. The molecule has 0 rings (SSSR count). The van der Waals surface area contributed by atoms with E-state index < -0.39 is 24.1 Å². The Labute approximate surface area is 157 Å². The van der Waals surface area contributed by atoms with Crippen molar-refractivity contribution >= 4 is 17.8 Å². The van der Waals surface area contributed by atoms with Gasteiger partial charge in [-0.15, -0.1) is 0 Å². The average Bonchev–Trinajstić information content (AvgIpc) is 2.65. The third-order valence-electron chi connectivity index (χ3n) is 4.33. The van der Waals surface area contributed by atoms with E-state index in [1.165, 1.54) is 7.11 Å². The molecule has 0 spiro atoms. The zero-order valence-electron chi connectivity index (χ0n) is 16.8. The van der Waals surface area contributed by atoms with Crippen molar-refractivity contribution in [3.63, 3.8) is 0 Å². The highest BCUT2D eigenvalue weighted by Gasteiger charge is 2.27. The number of rotatable bonds is 14. The standard InChI is InChI=1S/C19H37N3O4/c1-5-8-11-14(20)17(23)21-15(12-9-6-2)18(24)22-16(13-10-7-3)19(25)26-4/h14-16H,5-13,20H2,1-4H3,(H,21,23)(H,22,24)/t14-,15-,16-/m0/s1. The Morgan fingerprint density at radius 1 is 0.808 bits per heavy atom. The molecule has 4 N–H and O–H groups in total. The quantitative estimate of drug-likeness (QED) is 0.405. The van der Waals surface area contributed by atoms with Gasteiger partial charge in [0.25, 0.3) is 0 Å². The predicted molar refractivity (Wildman–Crippen MR) is 102 cm³/mol. The van der Waals surface area contributed by atoms with Crippen molar-refractivity contribution in [2.24, 2.45) is 5.73 Å². The number of methoxy groups -OCH3 is 1. The van der Waals surface area contributed by atoms with Crippen LogP contribution in [0.1, 0.15) is 78.6 Å². The number of unbranched alkanes of at least 4 members (excludes halogenated alkanes) is 3. The maximum absolute atomic E-state index is 12.6. The number of ether oxygens (including phenoxy) is 1. The number of hydrogen-bond donors (Lipinski definition) is 3. The molecule has 0 aromatic carbocycles. The molecule has 0 aromatic heterocycles. The molecule has 0 radical (unpaired) electrons. The van der Waals surface area contributed by atoms with Crippen LogP contribution in [0, 0.1) is 0 Å². The lowest BCUT2D eigenvalue weighted by Gasteiger charge is -2.23. The van der Waals surface area contributed by atoms with Crippen LogP contribution in [0.25, 0.3) is 0 Å². The number of nitrogens with two attached hydrogens (primary N) is 1. The van der Waals surface area contributed by atoms with Gasteiger partial charge < -0.3 is 21.1 Å². The van der Waals surface area contributed by atoms with Crippen LogP contribution >= 0.6 is 0 Å². The molecule has 7 nitrogen and oxygen atoms in total. The Morgan fingerprint density at radius 2 is 1.27 bits per heavy atom. The van der Waals surface area contributed by atoms with Crippen LogP contribution in [0.15, 0.2) is 0 Å². The summed E-state index contributed by atoms with van der Waals surface area (Å²) in [4.78, 5) is 36.8. The summed E-state index contributed by atoms with van der Waals surface area (Å²) in [6.07, 6.45) is 6.83. The van der Waals surface area contributed by atoms with Gasteiger partial charge in [-0.3, -0.25) is 9.59 Å². The number of esters is 1. The fraction of sp³-hybridized carbons (Fsp3) is 0.842. The zero-order valence-corrected chi connectivity index (χ0v) is 16.8. The molecule has 152 valence electrons. The van der Waals surface area contributed by atoms with Crippen LogP contribution in [-0.4, -0.2) is 43.0 Å². The van der Waals surface area contributed by atoms with Crippen LogP contribution < -0.4 is 16.4 Å². The van der Waals surface area contributed by atoms with Crippen LogP contribution in [0.5, 0.6) is 0 Å². The molecule has 0 fully saturated rings. The van der Waals surface area contributed by atoms with Crippen LogP contribution in [0.2, 0.25) is 0 Å². The number of carbonyl (C=O) groups is 3. The van der Waals surface area contributed by atoms with Crippen LogP contribution in [0.3, 0.4) is 0 Å². The molecule has 0 aromatic rings. The minimum Gasteiger partial charge on any atom is -0.467 e. The summed E-state index contributed by atoms with van der Waals surface area (Å²) < 4.78 is 4.77. The van der Waals surface area contributed by atoms with Crippen molar-refractivity contribution in [3.05, 3.63) is 0 Å². The third kappa shape index (κ3) is 9.75. The van der Waals surface area contributed by atoms with Crippen LogP contribution in [0.4, 0.5) is 0 Å². The maximum atomic E-state index is 12.6. The number of carbonyl (C=O) groups excluding carboxylic acids is 3. The van der Waals surface area contributed by atoms with Gasteiger partial charge in [0.15, 0.2) is 0 Å². The van der Waals surface area contributed by atoms with Gasteiger partial charge in [-0.25, -0.2) is 4.79 Å². The van der Waals surface area contributed by atoms with Gasteiger partial charge in [0.05, 0.1) is 13.2 Å². The van der Waals surface area contributed by atoms with E-state index in [1.807, 2.05) is 20.8 Å². The smallest absolute Gasteiger partial charge is 0.328 e. The van der Waals surface area contributed by atoms with Gasteiger partial charge in [-0.1, -0.05) is 59.3 Å². The Morgan fingerprint density at radius 3 is 1.77 bits per heavy atom. The normalized spacial score (nSPS) is 14.2. The predicted octanol–water partition coefficient (Wildman–Crippen LogP) is 2.03. The zero-order chi connectivity index (χ0) is 19.9. The van der Waals surface area contributed by atoms with E-state index in [2.05, 4.69) is 10.6 Å². The summed E-state index contributed by atoms with van der Waals surface area (Å²) in [6.45, 7) is 6.06. The SMILES string of the molecule is CCCC[C@H](NC(=O)[C@@H](N)CCCC)C(=O)N[C@@H](CCCC)C(=O)OC. The molecule has 0 aliphatic heterocycles. The molecule has 26 heavy (non-hydrogen) atoms. The highest BCUT2D eigenvalue weighted by molar-refractivity contribution is 5.91. The molecule has 0 unspecified atom stereocenters. The molecule has 7 heteroatoms. The second kappa shape index (κ2) is 14.5. The second-order valence-corrected chi connectivity index (χ2v) is 6.68. The Kier molecular flexibility index (Phi) is 13.6. The number of amides is 2. The minimum absolute atomic E-state index is 0.321. The van der Waals surface area contributed by atoms with E-state index in [0.717, 1.165) is 38.5 Å². The van der Waals surface area contributed by atoms with Gasteiger partial charge in [0.1, 0.15) is 12.1 Å². The summed E-state index contributed by atoms with van der Waals surface area (Å²) in [7, 11) is 1.30. The van der Waals surface area contributed by atoms with Crippen molar-refractivity contribution in [1.29, 1.82) is 0 Å². The van der Waals surface area contributed by atoms with Crippen molar-refractivity contribution in [2.75, 3.05) is 7.11 Å². The average molecular weight is 372 g/mol. The molecule has 0 saturated carbocycles. The summed E-state index contributed by atoms with van der Waals surface area (Å²) in [5, 5.41) is 5.48. The molecule has 0 bridgehead atoms. The molecule has 0 heterocycles. The van der Waals surface area contributed by atoms with E-state index in [1.54, 1.807) is 0 Å². The Balaban J connectivity index is 4.92. The van der Waals surface area contributed by atoms with Crippen molar-refractivity contribution in [1.82, 2.24) is 10.6 Å². The lowest BCUT2D eigenvalue weighted by molar-refractivity contribution is -0.145. The molecule has 0 aliphatic carbocycles. The maximum Gasteiger partial charge on any atom is 0.328 e. The fourth-order valence-electron chi connectivity index (χ4n) is 2.58. The van der Waals surface area contributed by atoms with Gasteiger partial charge in [-0.2, -0.15) is 0 Å². The van der Waals surface area contributed by atoms with Gasteiger partial charge in [0.2, 0.25) is 11.8 Å². The van der Waals surface area contributed by atoms with Crippen molar-refractivity contribution in [2.45, 2.75) is 96.7 Å². The number of nitrogens with one attached hydrogen (secondary N) is 2. The van der Waals surface area contributed by atoms with E-state index in [9.17, 15) is 14.4 Å². The number of hydrogen-bond acceptors (Lipinski definition) is 5. The molecule has 3 atom stereocenters. The van der Waals surface area contributed by atoms with E-state index in [0.29, 0.717) is 19.3 Å². The van der Waals surface area contributed by atoms with Gasteiger partial charge in [0, 0.05) is 0 Å². The Bertz CT molecular complexity index is 429. The first-order valence-electron chi connectivity index (χ1n) is 9.85. The van der Waals surface area contributed by atoms with Crippen molar-refractivity contribution in [3.8, 4) is 0 Å². The van der Waals surface area contributed by atoms with Crippen molar-refractivity contribution < 1.29 is 19.1 Å². The van der Waals surface area contributed by atoms with E-state index in [4.69, 9.17) is 10.5 Å². The van der Waals surface area contributed by atoms with E-state index >= 15 is 0 Å². The highest BCUT2D eigenvalue weighted by atomic mass is 16.5. The molecule has 0 aliphatic rings. The van der Waals surface area contributed by atoms with Crippen LogP contribution in [-0.2, 0) is 19.1 Å². The summed E-state index contributed by atoms with van der Waals surface area (Å²) in [5.74, 6) is -1.15. The first kappa shape index (κ1) is 24.4. The summed E-state index contributed by atoms with van der Waals surface area (Å²) in [5.41, 5.74) is 5.90. The lowest BCUT2D eigenvalue weighted by atomic mass is 10.1. The molecule has 0 saturated heterocycles. The third-order valence-corrected chi connectivity index (χ3v) is 4.33. The van der Waals surface area contributed by atoms with E-state index in [-0.39, 0.29) is 11.8 Å². The topological polar surface area (TPSA) is 111 Å². The lowest BCUT2D eigenvalue weighted by Crippen LogP contribution is -2.54. The van der Waals surface area contributed by atoms with Gasteiger partial charge >= 0.3 is 5.97 Å². The van der Waals surface area contributed by atoms with Gasteiger partial charge in [-0.05, 0) is 19.3 Å². The molecular formula is C19H37N3O4. The fourth-order valence-corrected chi connectivity index (χ4v) is 2.58. The monoisotopic (exact) mass is 371 g/mol. The molecular weight excluding hydrogens is 334 g/mol. The second-order valence-electron chi connectivity index (χ2n) is 6.68. The molecule has 2 amide bonds. The highest BCUT2D eigenvalue weighted by Crippen LogP contribution is 2.07.